The molecule has 1 unspecified atom stereocenters. The topological polar surface area (TPSA) is 26.0 Å². The van der Waals surface area contributed by atoms with Crippen molar-refractivity contribution in [1.82, 2.24) is 0 Å². The zero-order valence-electron chi connectivity index (χ0n) is 11.6. The fourth-order valence-corrected chi connectivity index (χ4v) is 2.19. The molecule has 0 saturated heterocycles. The molecule has 0 aliphatic rings. The van der Waals surface area contributed by atoms with Crippen LogP contribution in [0, 0.1) is 18.6 Å². The lowest BCUT2D eigenvalue weighted by atomic mass is 9.99. The molecule has 0 aromatic heterocycles. The third-order valence-corrected chi connectivity index (χ3v) is 3.41. The summed E-state index contributed by atoms with van der Waals surface area (Å²) in [6.45, 7) is 2.04. The second-order valence-electron chi connectivity index (χ2n) is 5.22. The number of rotatable bonds is 5. The predicted molar refractivity (Wildman–Crippen MR) is 77.5 cm³/mol. The number of benzene rings is 2. The van der Waals surface area contributed by atoms with E-state index in [4.69, 9.17) is 5.73 Å². The minimum absolute atomic E-state index is 0.174. The van der Waals surface area contributed by atoms with Crippen LogP contribution in [0.5, 0.6) is 0 Å². The predicted octanol–water partition coefficient (Wildman–Crippen LogP) is 3.78. The van der Waals surface area contributed by atoms with Gasteiger partial charge in [0.2, 0.25) is 0 Å². The van der Waals surface area contributed by atoms with Gasteiger partial charge in [-0.05, 0) is 55.5 Å². The lowest BCUT2D eigenvalue weighted by molar-refractivity contribution is 0.553. The van der Waals surface area contributed by atoms with Crippen molar-refractivity contribution in [3.05, 3.63) is 70.8 Å². The molecule has 0 aliphatic heterocycles. The van der Waals surface area contributed by atoms with Gasteiger partial charge >= 0.3 is 0 Å². The molecule has 20 heavy (non-hydrogen) atoms. The first-order valence-corrected chi connectivity index (χ1v) is 6.79. The van der Waals surface area contributed by atoms with E-state index < -0.39 is 11.6 Å². The van der Waals surface area contributed by atoms with E-state index in [0.717, 1.165) is 25.0 Å². The first-order chi connectivity index (χ1) is 9.54. The van der Waals surface area contributed by atoms with E-state index in [2.05, 4.69) is 24.3 Å². The van der Waals surface area contributed by atoms with E-state index >= 15 is 0 Å². The zero-order chi connectivity index (χ0) is 14.5. The van der Waals surface area contributed by atoms with Crippen LogP contribution in [0.4, 0.5) is 8.78 Å². The van der Waals surface area contributed by atoms with Crippen molar-refractivity contribution in [3.8, 4) is 0 Å². The van der Waals surface area contributed by atoms with Crippen molar-refractivity contribution in [2.75, 3.05) is 0 Å². The third-order valence-electron chi connectivity index (χ3n) is 3.41. The van der Waals surface area contributed by atoms with E-state index in [1.54, 1.807) is 0 Å². The van der Waals surface area contributed by atoms with Crippen LogP contribution in [-0.4, -0.2) is 6.04 Å². The summed E-state index contributed by atoms with van der Waals surface area (Å²) in [6, 6.07) is 11.6. The van der Waals surface area contributed by atoms with Gasteiger partial charge in [-0.1, -0.05) is 29.8 Å². The Labute approximate surface area is 118 Å². The summed E-state index contributed by atoms with van der Waals surface area (Å²) in [4.78, 5) is 0. The molecule has 0 saturated carbocycles. The molecule has 0 heterocycles. The number of hydrogen-bond acceptors (Lipinski definition) is 1. The molecular weight excluding hydrogens is 256 g/mol. The van der Waals surface area contributed by atoms with Crippen molar-refractivity contribution in [3.63, 3.8) is 0 Å². The summed E-state index contributed by atoms with van der Waals surface area (Å²) >= 11 is 0. The van der Waals surface area contributed by atoms with E-state index in [1.807, 2.05) is 6.92 Å². The van der Waals surface area contributed by atoms with Gasteiger partial charge in [0.05, 0.1) is 0 Å². The summed E-state index contributed by atoms with van der Waals surface area (Å²) in [5, 5.41) is 0. The molecule has 106 valence electrons. The Morgan fingerprint density at radius 1 is 1.05 bits per heavy atom. The summed E-state index contributed by atoms with van der Waals surface area (Å²) in [6.07, 6.45) is 1.95. The highest BCUT2D eigenvalue weighted by molar-refractivity contribution is 5.22. The van der Waals surface area contributed by atoms with E-state index in [-0.39, 0.29) is 6.04 Å². The van der Waals surface area contributed by atoms with Gasteiger partial charge in [-0.25, -0.2) is 8.78 Å². The molecular formula is C17H19F2N. The van der Waals surface area contributed by atoms with Crippen LogP contribution in [0.3, 0.4) is 0 Å². The van der Waals surface area contributed by atoms with Crippen LogP contribution in [0.1, 0.15) is 23.1 Å². The average molecular weight is 275 g/mol. The maximum absolute atomic E-state index is 13.5. The van der Waals surface area contributed by atoms with Crippen LogP contribution in [0.15, 0.2) is 42.5 Å². The van der Waals surface area contributed by atoms with Gasteiger partial charge in [-0.15, -0.1) is 0 Å². The molecule has 2 N–H and O–H groups in total. The number of hydrogen-bond donors (Lipinski definition) is 1. The summed E-state index contributed by atoms with van der Waals surface area (Å²) in [7, 11) is 0. The molecule has 0 aliphatic carbocycles. The Kier molecular flexibility index (Phi) is 4.85. The molecule has 1 atom stereocenters. The van der Waals surface area contributed by atoms with E-state index in [1.165, 1.54) is 17.2 Å². The van der Waals surface area contributed by atoms with Crippen LogP contribution in [-0.2, 0) is 12.8 Å². The minimum atomic E-state index is -0.424. The summed E-state index contributed by atoms with van der Waals surface area (Å²) in [5.74, 6) is -0.815. The van der Waals surface area contributed by atoms with Crippen molar-refractivity contribution in [1.29, 1.82) is 0 Å². The van der Waals surface area contributed by atoms with Gasteiger partial charge < -0.3 is 5.73 Å². The van der Waals surface area contributed by atoms with Crippen LogP contribution < -0.4 is 5.73 Å². The highest BCUT2D eigenvalue weighted by atomic mass is 19.1. The maximum atomic E-state index is 13.5. The van der Waals surface area contributed by atoms with Crippen molar-refractivity contribution in [2.45, 2.75) is 32.2 Å². The Bertz CT molecular complexity index is 564. The Balaban J connectivity index is 1.90. The van der Waals surface area contributed by atoms with Gasteiger partial charge in [0.25, 0.3) is 0 Å². The summed E-state index contributed by atoms with van der Waals surface area (Å²) in [5.41, 5.74) is 8.80. The van der Waals surface area contributed by atoms with Crippen LogP contribution >= 0.6 is 0 Å². The first-order valence-electron chi connectivity index (χ1n) is 6.79. The van der Waals surface area contributed by atoms with Gasteiger partial charge in [-0.3, -0.25) is 0 Å². The Morgan fingerprint density at radius 3 is 2.45 bits per heavy atom. The normalized spacial score (nSPS) is 12.4. The molecule has 3 heteroatoms. The molecule has 0 spiro atoms. The van der Waals surface area contributed by atoms with Gasteiger partial charge in [-0.2, -0.15) is 0 Å². The van der Waals surface area contributed by atoms with Crippen LogP contribution in [0.2, 0.25) is 0 Å². The molecule has 0 bridgehead atoms. The standard InChI is InChI=1S/C17H19F2N/c1-12-2-4-13(5-3-12)6-8-16(20)11-14-10-15(18)7-9-17(14)19/h2-5,7,9-10,16H,6,8,11,20H2,1H3. The lowest BCUT2D eigenvalue weighted by Gasteiger charge is -2.12. The second kappa shape index (κ2) is 6.62. The average Bonchev–Trinajstić information content (AvgIpc) is 2.42. The highest BCUT2D eigenvalue weighted by Gasteiger charge is 2.09. The largest absolute Gasteiger partial charge is 0.327 e. The number of nitrogens with two attached hydrogens (primary N) is 1. The van der Waals surface area contributed by atoms with Crippen molar-refractivity contribution >= 4 is 0 Å². The zero-order valence-corrected chi connectivity index (χ0v) is 11.6. The summed E-state index contributed by atoms with van der Waals surface area (Å²) < 4.78 is 26.6. The van der Waals surface area contributed by atoms with E-state index in [0.29, 0.717) is 12.0 Å². The quantitative estimate of drug-likeness (QED) is 0.883. The molecule has 1 nitrogen and oxygen atoms in total. The smallest absolute Gasteiger partial charge is 0.126 e. The Hall–Kier alpha value is -1.74. The minimum Gasteiger partial charge on any atom is -0.327 e. The van der Waals surface area contributed by atoms with Crippen LogP contribution in [0.25, 0.3) is 0 Å². The number of aryl methyl sites for hydroxylation is 2. The Morgan fingerprint density at radius 2 is 1.75 bits per heavy atom. The molecule has 0 radical (unpaired) electrons. The monoisotopic (exact) mass is 275 g/mol. The molecule has 0 amide bonds. The maximum Gasteiger partial charge on any atom is 0.126 e. The lowest BCUT2D eigenvalue weighted by Crippen LogP contribution is -2.24. The second-order valence-corrected chi connectivity index (χ2v) is 5.22. The molecule has 2 aromatic carbocycles. The van der Waals surface area contributed by atoms with Gasteiger partial charge in [0, 0.05) is 6.04 Å². The van der Waals surface area contributed by atoms with Crippen molar-refractivity contribution < 1.29 is 8.78 Å². The SMILES string of the molecule is Cc1ccc(CCC(N)Cc2cc(F)ccc2F)cc1. The van der Waals surface area contributed by atoms with Crippen molar-refractivity contribution in [2.24, 2.45) is 5.73 Å². The molecule has 2 aromatic rings. The fourth-order valence-electron chi connectivity index (χ4n) is 2.19. The molecule has 0 fully saturated rings. The molecule has 2 rings (SSSR count). The highest BCUT2D eigenvalue weighted by Crippen LogP contribution is 2.14. The number of halogens is 2. The van der Waals surface area contributed by atoms with Gasteiger partial charge in [0.15, 0.2) is 0 Å². The third kappa shape index (κ3) is 4.14. The van der Waals surface area contributed by atoms with Gasteiger partial charge in [0.1, 0.15) is 11.6 Å². The fraction of sp³-hybridized carbons (Fsp3) is 0.294. The first kappa shape index (κ1) is 14.7. The van der Waals surface area contributed by atoms with E-state index in [9.17, 15) is 8.78 Å².